The van der Waals surface area contributed by atoms with Gasteiger partial charge in [-0.3, -0.25) is 19.3 Å². The van der Waals surface area contributed by atoms with Crippen LogP contribution in [0.15, 0.2) is 0 Å². The molecular weight excluding hydrogens is 338 g/mol. The first-order valence-corrected chi connectivity index (χ1v) is 9.40. The number of carbonyl (C=O) groups excluding carboxylic acids is 4. The van der Waals surface area contributed by atoms with Gasteiger partial charge in [-0.2, -0.15) is 0 Å². The molecule has 2 heterocycles. The summed E-state index contributed by atoms with van der Waals surface area (Å²) in [6, 6.07) is -0.488. The van der Waals surface area contributed by atoms with Crippen LogP contribution in [-0.4, -0.2) is 65.4 Å². The minimum absolute atomic E-state index is 0.249. The van der Waals surface area contributed by atoms with E-state index >= 15 is 0 Å². The van der Waals surface area contributed by atoms with Gasteiger partial charge in [-0.05, 0) is 33.1 Å². The highest BCUT2D eigenvalue weighted by molar-refractivity contribution is 6.09. The van der Waals surface area contributed by atoms with Crippen molar-refractivity contribution in [2.75, 3.05) is 26.2 Å². The summed E-state index contributed by atoms with van der Waals surface area (Å²) in [6.07, 6.45) is 4.64. The topological polar surface area (TPSA) is 96.0 Å². The lowest BCUT2D eigenvalue weighted by molar-refractivity contribution is -0.154. The van der Waals surface area contributed by atoms with Crippen molar-refractivity contribution in [2.24, 2.45) is 5.41 Å². The van der Waals surface area contributed by atoms with Crippen LogP contribution in [0.3, 0.4) is 0 Å². The van der Waals surface area contributed by atoms with Crippen LogP contribution >= 0.6 is 0 Å². The summed E-state index contributed by atoms with van der Waals surface area (Å²) in [6.45, 7) is 4.22. The molecule has 0 aromatic rings. The van der Waals surface area contributed by atoms with Crippen LogP contribution in [0.4, 0.5) is 4.79 Å². The largest absolute Gasteiger partial charge is 0.466 e. The second-order valence-corrected chi connectivity index (χ2v) is 7.81. The Labute approximate surface area is 153 Å². The summed E-state index contributed by atoms with van der Waals surface area (Å²) in [4.78, 5) is 52.3. The monoisotopic (exact) mass is 365 g/mol. The molecule has 4 amide bonds. The van der Waals surface area contributed by atoms with Gasteiger partial charge in [-0.15, -0.1) is 0 Å². The van der Waals surface area contributed by atoms with Gasteiger partial charge in [0, 0.05) is 13.1 Å². The summed E-state index contributed by atoms with van der Waals surface area (Å²) >= 11 is 0. The third kappa shape index (κ3) is 3.17. The average Bonchev–Trinajstić information content (AvgIpc) is 3.12. The number of urea groups is 1. The Bertz CT molecular complexity index is 628. The first-order valence-electron chi connectivity index (χ1n) is 9.40. The smallest absolute Gasteiger partial charge is 0.325 e. The maximum Gasteiger partial charge on any atom is 0.325 e. The van der Waals surface area contributed by atoms with E-state index in [1.54, 1.807) is 18.7 Å². The maximum absolute atomic E-state index is 12.8. The van der Waals surface area contributed by atoms with Crippen molar-refractivity contribution in [1.29, 1.82) is 0 Å². The second-order valence-electron chi connectivity index (χ2n) is 7.81. The van der Waals surface area contributed by atoms with E-state index in [1.807, 2.05) is 0 Å². The number of carbonyl (C=O) groups is 4. The van der Waals surface area contributed by atoms with Crippen LogP contribution in [0.5, 0.6) is 0 Å². The highest BCUT2D eigenvalue weighted by Crippen LogP contribution is 2.34. The number of nitrogens with zero attached hydrogens (tertiary/aromatic N) is 2. The van der Waals surface area contributed by atoms with E-state index in [9.17, 15) is 19.2 Å². The Morgan fingerprint density at radius 1 is 1.15 bits per heavy atom. The van der Waals surface area contributed by atoms with Crippen LogP contribution in [0, 0.1) is 5.41 Å². The zero-order chi connectivity index (χ0) is 18.9. The van der Waals surface area contributed by atoms with E-state index in [0.717, 1.165) is 24.2 Å². The van der Waals surface area contributed by atoms with Crippen molar-refractivity contribution in [3.05, 3.63) is 0 Å². The Morgan fingerprint density at radius 2 is 1.85 bits per heavy atom. The molecule has 1 unspecified atom stereocenters. The van der Waals surface area contributed by atoms with Crippen molar-refractivity contribution >= 4 is 23.8 Å². The third-order valence-electron chi connectivity index (χ3n) is 5.84. The van der Waals surface area contributed by atoms with Crippen LogP contribution in [0.2, 0.25) is 0 Å². The van der Waals surface area contributed by atoms with Gasteiger partial charge >= 0.3 is 12.0 Å². The molecule has 2 aliphatic heterocycles. The fraction of sp³-hybridized carbons (Fsp3) is 0.778. The molecule has 0 radical (unpaired) electrons. The quantitative estimate of drug-likeness (QED) is 0.593. The van der Waals surface area contributed by atoms with Crippen molar-refractivity contribution < 1.29 is 23.9 Å². The van der Waals surface area contributed by atoms with Gasteiger partial charge in [0.25, 0.3) is 5.91 Å². The van der Waals surface area contributed by atoms with Gasteiger partial charge < -0.3 is 15.0 Å². The summed E-state index contributed by atoms with van der Waals surface area (Å²) in [5.74, 6) is -0.913. The Morgan fingerprint density at radius 3 is 2.50 bits per heavy atom. The lowest BCUT2D eigenvalue weighted by Crippen LogP contribution is -2.49. The van der Waals surface area contributed by atoms with Gasteiger partial charge in [-0.1, -0.05) is 19.3 Å². The first kappa shape index (κ1) is 18.7. The molecule has 0 bridgehead atoms. The fourth-order valence-corrected chi connectivity index (χ4v) is 4.20. The van der Waals surface area contributed by atoms with E-state index in [1.165, 1.54) is 0 Å². The number of likely N-dealkylation sites (tertiary alicyclic amines) is 1. The van der Waals surface area contributed by atoms with E-state index in [2.05, 4.69) is 5.32 Å². The number of nitrogens with one attached hydrogen (secondary N) is 1. The standard InChI is InChI=1S/C18H27N3O5/c1-3-26-15(24)17(2)9-10-20(12-17)13(22)11-21-14(23)18(19-16(21)25)7-5-4-6-8-18/h3-12H2,1-2H3,(H,19,25). The van der Waals surface area contributed by atoms with Gasteiger partial charge in [0.1, 0.15) is 12.1 Å². The third-order valence-corrected chi connectivity index (χ3v) is 5.84. The molecule has 3 aliphatic rings. The molecule has 8 nitrogen and oxygen atoms in total. The highest BCUT2D eigenvalue weighted by Gasteiger charge is 2.52. The van der Waals surface area contributed by atoms with Crippen LogP contribution in [0.1, 0.15) is 52.4 Å². The lowest BCUT2D eigenvalue weighted by atomic mass is 9.82. The Hall–Kier alpha value is -2.12. The fourth-order valence-electron chi connectivity index (χ4n) is 4.20. The van der Waals surface area contributed by atoms with Gasteiger partial charge in [0.05, 0.1) is 12.0 Å². The van der Waals surface area contributed by atoms with Gasteiger partial charge in [-0.25, -0.2) is 4.79 Å². The van der Waals surface area contributed by atoms with Gasteiger partial charge in [0.15, 0.2) is 0 Å². The SMILES string of the molecule is CCOC(=O)C1(C)CCN(C(=O)CN2C(=O)NC3(CCCCC3)C2=O)C1. The molecule has 1 N–H and O–H groups in total. The van der Waals surface area contributed by atoms with E-state index in [4.69, 9.17) is 4.74 Å². The second kappa shape index (κ2) is 6.89. The van der Waals surface area contributed by atoms with Crippen molar-refractivity contribution in [1.82, 2.24) is 15.1 Å². The normalized spacial score (nSPS) is 27.8. The first-order chi connectivity index (χ1) is 12.3. The predicted molar refractivity (Wildman–Crippen MR) is 92.0 cm³/mol. The number of ether oxygens (including phenoxy) is 1. The molecule has 144 valence electrons. The molecule has 0 aromatic heterocycles. The molecule has 1 atom stereocenters. The maximum atomic E-state index is 12.8. The predicted octanol–water partition coefficient (Wildman–Crippen LogP) is 1.04. The molecular formula is C18H27N3O5. The number of amides is 4. The zero-order valence-corrected chi connectivity index (χ0v) is 15.5. The highest BCUT2D eigenvalue weighted by atomic mass is 16.5. The van der Waals surface area contributed by atoms with Crippen LogP contribution < -0.4 is 5.32 Å². The molecule has 0 aromatic carbocycles. The summed E-state index contributed by atoms with van der Waals surface area (Å²) < 4.78 is 5.09. The minimum Gasteiger partial charge on any atom is -0.466 e. The molecule has 8 heteroatoms. The molecule has 3 rings (SSSR count). The lowest BCUT2D eigenvalue weighted by Gasteiger charge is -2.30. The Kier molecular flexibility index (Phi) is 4.94. The molecule has 3 fully saturated rings. The van der Waals surface area contributed by atoms with Crippen molar-refractivity contribution in [2.45, 2.75) is 57.9 Å². The average molecular weight is 365 g/mol. The van der Waals surface area contributed by atoms with Crippen LogP contribution in [0.25, 0.3) is 0 Å². The molecule has 1 saturated carbocycles. The Balaban J connectivity index is 1.63. The molecule has 26 heavy (non-hydrogen) atoms. The number of esters is 1. The van der Waals surface area contributed by atoms with E-state index < -0.39 is 17.0 Å². The summed E-state index contributed by atoms with van der Waals surface area (Å²) in [5, 5.41) is 2.81. The number of hydrogen-bond donors (Lipinski definition) is 1. The van der Waals surface area contributed by atoms with Crippen molar-refractivity contribution in [3.8, 4) is 0 Å². The molecule has 2 saturated heterocycles. The number of hydrogen-bond acceptors (Lipinski definition) is 5. The molecule has 1 aliphatic carbocycles. The molecule has 1 spiro atoms. The number of imide groups is 1. The zero-order valence-electron chi connectivity index (χ0n) is 15.5. The van der Waals surface area contributed by atoms with Crippen LogP contribution in [-0.2, 0) is 19.1 Å². The van der Waals surface area contributed by atoms with E-state index in [-0.39, 0.29) is 30.9 Å². The number of rotatable bonds is 4. The minimum atomic E-state index is -0.819. The summed E-state index contributed by atoms with van der Waals surface area (Å²) in [5.41, 5.74) is -1.55. The van der Waals surface area contributed by atoms with Gasteiger partial charge in [0.2, 0.25) is 5.91 Å². The summed E-state index contributed by atoms with van der Waals surface area (Å²) in [7, 11) is 0. The van der Waals surface area contributed by atoms with E-state index in [0.29, 0.717) is 32.4 Å². The van der Waals surface area contributed by atoms with Crippen molar-refractivity contribution in [3.63, 3.8) is 0 Å².